The van der Waals surface area contributed by atoms with Gasteiger partial charge in [-0.25, -0.2) is 0 Å². The summed E-state index contributed by atoms with van der Waals surface area (Å²) in [6, 6.07) is 5.57. The zero-order chi connectivity index (χ0) is 11.3. The third-order valence-corrected chi connectivity index (χ3v) is 2.61. The molecule has 2 N–H and O–H groups in total. The summed E-state index contributed by atoms with van der Waals surface area (Å²) in [6.07, 6.45) is 0. The molecule has 3 nitrogen and oxygen atoms in total. The quantitative estimate of drug-likeness (QED) is 0.807. The van der Waals surface area contributed by atoms with Gasteiger partial charge in [0.25, 0.3) is 0 Å². The molecule has 1 atom stereocenters. The molecule has 0 amide bonds. The molecule has 15 heavy (non-hydrogen) atoms. The van der Waals surface area contributed by atoms with Crippen LogP contribution in [-0.4, -0.2) is 32.4 Å². The van der Waals surface area contributed by atoms with E-state index in [9.17, 15) is 5.11 Å². The Morgan fingerprint density at radius 2 is 2.27 bits per heavy atom. The molecule has 1 rings (SSSR count). The van der Waals surface area contributed by atoms with E-state index < -0.39 is 0 Å². The standard InChI is InChI=1S/C11H16ClNO2/c1-13-6-9(7-14)8-3-4-11(15-2)10(12)5-8/h3-5,9,13-14H,6-7H2,1-2H3. The summed E-state index contributed by atoms with van der Waals surface area (Å²) in [6.45, 7) is 0.822. The van der Waals surface area contributed by atoms with Crippen molar-refractivity contribution in [1.29, 1.82) is 0 Å². The van der Waals surface area contributed by atoms with Crippen LogP contribution in [0.4, 0.5) is 0 Å². The van der Waals surface area contributed by atoms with Crippen molar-refractivity contribution in [2.75, 3.05) is 27.3 Å². The van der Waals surface area contributed by atoms with Crippen LogP contribution in [0.5, 0.6) is 5.75 Å². The maximum Gasteiger partial charge on any atom is 0.137 e. The van der Waals surface area contributed by atoms with E-state index >= 15 is 0 Å². The van der Waals surface area contributed by atoms with E-state index in [1.807, 2.05) is 25.2 Å². The van der Waals surface area contributed by atoms with Gasteiger partial charge >= 0.3 is 0 Å². The van der Waals surface area contributed by atoms with Crippen molar-refractivity contribution in [3.05, 3.63) is 28.8 Å². The van der Waals surface area contributed by atoms with Crippen molar-refractivity contribution in [3.8, 4) is 5.75 Å². The van der Waals surface area contributed by atoms with Gasteiger partial charge in [0.05, 0.1) is 18.7 Å². The molecule has 1 aromatic carbocycles. The molecule has 4 heteroatoms. The first kappa shape index (κ1) is 12.3. The number of rotatable bonds is 5. The highest BCUT2D eigenvalue weighted by atomic mass is 35.5. The van der Waals surface area contributed by atoms with Crippen LogP contribution in [0.2, 0.25) is 5.02 Å². The number of ether oxygens (including phenoxy) is 1. The fourth-order valence-electron chi connectivity index (χ4n) is 1.47. The zero-order valence-electron chi connectivity index (χ0n) is 8.96. The van der Waals surface area contributed by atoms with E-state index in [0.717, 1.165) is 12.1 Å². The van der Waals surface area contributed by atoms with E-state index in [0.29, 0.717) is 10.8 Å². The van der Waals surface area contributed by atoms with Crippen molar-refractivity contribution in [2.45, 2.75) is 5.92 Å². The largest absolute Gasteiger partial charge is 0.495 e. The van der Waals surface area contributed by atoms with Crippen molar-refractivity contribution >= 4 is 11.6 Å². The summed E-state index contributed by atoms with van der Waals surface area (Å²) in [5, 5.41) is 12.8. The molecule has 0 bridgehead atoms. The molecule has 0 fully saturated rings. The molecular weight excluding hydrogens is 214 g/mol. The van der Waals surface area contributed by atoms with Gasteiger partial charge < -0.3 is 15.2 Å². The highest BCUT2D eigenvalue weighted by Gasteiger charge is 2.11. The van der Waals surface area contributed by atoms with Crippen LogP contribution in [0, 0.1) is 0 Å². The highest BCUT2D eigenvalue weighted by Crippen LogP contribution is 2.27. The van der Waals surface area contributed by atoms with Crippen molar-refractivity contribution < 1.29 is 9.84 Å². The number of halogens is 1. The molecule has 0 saturated carbocycles. The average Bonchev–Trinajstić information content (AvgIpc) is 2.25. The van der Waals surface area contributed by atoms with Gasteiger partial charge in [0.2, 0.25) is 0 Å². The first-order valence-corrected chi connectivity index (χ1v) is 5.19. The molecular formula is C11H16ClNO2. The van der Waals surface area contributed by atoms with E-state index in [1.54, 1.807) is 7.11 Å². The number of hydrogen-bond donors (Lipinski definition) is 2. The second kappa shape index (κ2) is 5.95. The van der Waals surface area contributed by atoms with Crippen LogP contribution >= 0.6 is 11.6 Å². The third-order valence-electron chi connectivity index (χ3n) is 2.32. The lowest BCUT2D eigenvalue weighted by atomic mass is 10.00. The number of hydrogen-bond acceptors (Lipinski definition) is 3. The topological polar surface area (TPSA) is 41.5 Å². The van der Waals surface area contributed by atoms with Crippen LogP contribution in [-0.2, 0) is 0 Å². The molecule has 0 saturated heterocycles. The second-order valence-electron chi connectivity index (χ2n) is 3.33. The lowest BCUT2D eigenvalue weighted by Crippen LogP contribution is -2.20. The predicted molar refractivity (Wildman–Crippen MR) is 61.8 cm³/mol. The second-order valence-corrected chi connectivity index (χ2v) is 3.74. The van der Waals surface area contributed by atoms with E-state index in [1.165, 1.54) is 0 Å². The summed E-state index contributed by atoms with van der Waals surface area (Å²) in [4.78, 5) is 0. The van der Waals surface area contributed by atoms with Crippen LogP contribution < -0.4 is 10.1 Å². The van der Waals surface area contributed by atoms with Gasteiger partial charge in [-0.1, -0.05) is 17.7 Å². The fraction of sp³-hybridized carbons (Fsp3) is 0.455. The summed E-state index contributed by atoms with van der Waals surface area (Å²) in [5.74, 6) is 0.722. The summed E-state index contributed by atoms with van der Waals surface area (Å²) >= 11 is 6.00. The molecule has 1 unspecified atom stereocenters. The molecule has 0 aliphatic heterocycles. The van der Waals surface area contributed by atoms with E-state index in [-0.39, 0.29) is 12.5 Å². The van der Waals surface area contributed by atoms with Crippen LogP contribution in [0.3, 0.4) is 0 Å². The minimum atomic E-state index is 0.0680. The van der Waals surface area contributed by atoms with Crippen molar-refractivity contribution in [2.24, 2.45) is 0 Å². The predicted octanol–water partition coefficient (Wildman–Crippen LogP) is 1.64. The molecule has 1 aromatic rings. The Balaban J connectivity index is 2.89. The van der Waals surface area contributed by atoms with Crippen LogP contribution in [0.25, 0.3) is 0 Å². The van der Waals surface area contributed by atoms with Gasteiger partial charge in [-0.15, -0.1) is 0 Å². The minimum absolute atomic E-state index is 0.0680. The Kier molecular flexibility index (Phi) is 4.88. The number of benzene rings is 1. The monoisotopic (exact) mass is 229 g/mol. The number of aliphatic hydroxyl groups is 1. The van der Waals surface area contributed by atoms with Gasteiger partial charge in [-0.3, -0.25) is 0 Å². The Morgan fingerprint density at radius 1 is 1.53 bits per heavy atom. The summed E-state index contributed by atoms with van der Waals surface area (Å²) in [7, 11) is 3.44. The van der Waals surface area contributed by atoms with Gasteiger partial charge in [-0.05, 0) is 24.7 Å². The lowest BCUT2D eigenvalue weighted by Gasteiger charge is -2.15. The third kappa shape index (κ3) is 3.09. The number of likely N-dealkylation sites (N-methyl/N-ethyl adjacent to an activating group) is 1. The number of aliphatic hydroxyl groups excluding tert-OH is 1. The van der Waals surface area contributed by atoms with Crippen LogP contribution in [0.15, 0.2) is 18.2 Å². The first-order valence-electron chi connectivity index (χ1n) is 4.81. The van der Waals surface area contributed by atoms with E-state index in [4.69, 9.17) is 16.3 Å². The fourth-order valence-corrected chi connectivity index (χ4v) is 1.74. The first-order chi connectivity index (χ1) is 7.22. The molecule has 84 valence electrons. The molecule has 0 spiro atoms. The Hall–Kier alpha value is -0.770. The van der Waals surface area contributed by atoms with Crippen LogP contribution in [0.1, 0.15) is 11.5 Å². The molecule has 0 aromatic heterocycles. The lowest BCUT2D eigenvalue weighted by molar-refractivity contribution is 0.263. The minimum Gasteiger partial charge on any atom is -0.495 e. The molecule has 0 aliphatic rings. The zero-order valence-corrected chi connectivity index (χ0v) is 9.71. The van der Waals surface area contributed by atoms with Gasteiger partial charge in [0.1, 0.15) is 5.75 Å². The highest BCUT2D eigenvalue weighted by molar-refractivity contribution is 6.32. The maximum atomic E-state index is 9.21. The van der Waals surface area contributed by atoms with Crippen molar-refractivity contribution in [3.63, 3.8) is 0 Å². The normalized spacial score (nSPS) is 12.5. The summed E-state index contributed by atoms with van der Waals surface area (Å²) < 4.78 is 5.06. The average molecular weight is 230 g/mol. The van der Waals surface area contributed by atoms with E-state index in [2.05, 4.69) is 5.32 Å². The SMILES string of the molecule is CNCC(CO)c1ccc(OC)c(Cl)c1. The van der Waals surface area contributed by atoms with Gasteiger partial charge in [0, 0.05) is 12.5 Å². The van der Waals surface area contributed by atoms with Gasteiger partial charge in [-0.2, -0.15) is 0 Å². The number of methoxy groups -OCH3 is 1. The smallest absolute Gasteiger partial charge is 0.137 e. The molecule has 0 radical (unpaired) electrons. The maximum absolute atomic E-state index is 9.21. The Labute approximate surface area is 95.0 Å². The Morgan fingerprint density at radius 3 is 2.73 bits per heavy atom. The van der Waals surface area contributed by atoms with Gasteiger partial charge in [0.15, 0.2) is 0 Å². The Bertz CT molecular complexity index is 317. The number of nitrogens with one attached hydrogen (secondary N) is 1. The van der Waals surface area contributed by atoms with Crippen molar-refractivity contribution in [1.82, 2.24) is 5.32 Å². The summed E-state index contributed by atoms with van der Waals surface area (Å²) in [5.41, 5.74) is 1.01. The molecule has 0 aliphatic carbocycles. The molecule has 0 heterocycles.